The summed E-state index contributed by atoms with van der Waals surface area (Å²) in [5.74, 6) is -0.209. The van der Waals surface area contributed by atoms with Crippen molar-refractivity contribution in [1.82, 2.24) is 0 Å². The van der Waals surface area contributed by atoms with Gasteiger partial charge in [0.05, 0.1) is 18.1 Å². The summed E-state index contributed by atoms with van der Waals surface area (Å²) < 4.78 is 5.04. The second-order valence-electron chi connectivity index (χ2n) is 5.61. The molecule has 0 heterocycles. The number of carbonyl (C=O) groups excluding carboxylic acids is 1. The molecule has 0 spiro atoms. The molecule has 2 rings (SSSR count). The van der Waals surface area contributed by atoms with Crippen molar-refractivity contribution < 1.29 is 14.6 Å². The van der Waals surface area contributed by atoms with Crippen molar-refractivity contribution in [3.63, 3.8) is 0 Å². The van der Waals surface area contributed by atoms with Gasteiger partial charge in [0.15, 0.2) is 0 Å². The van der Waals surface area contributed by atoms with Crippen LogP contribution in [0.5, 0.6) is 0 Å². The Kier molecular flexibility index (Phi) is 5.48. The number of halogens is 1. The van der Waals surface area contributed by atoms with Gasteiger partial charge in [-0.3, -0.25) is 4.79 Å². The minimum absolute atomic E-state index is 0.0728. The fraction of sp³-hybridized carbons (Fsp3) is 0.562. The van der Waals surface area contributed by atoms with E-state index in [1.165, 1.54) is 0 Å². The number of carbonyl (C=O) groups is 1. The third kappa shape index (κ3) is 4.61. The molecule has 1 fully saturated rings. The second-order valence-corrected chi connectivity index (χ2v) is 6.05. The van der Waals surface area contributed by atoms with Crippen molar-refractivity contribution in [2.75, 3.05) is 18.5 Å². The minimum Gasteiger partial charge on any atom is -0.466 e. The first-order valence-electron chi connectivity index (χ1n) is 7.41. The predicted octanol–water partition coefficient (Wildman–Crippen LogP) is 3.24. The molecule has 5 heteroatoms. The molecule has 0 radical (unpaired) electrons. The smallest absolute Gasteiger partial charge is 0.308 e. The highest BCUT2D eigenvalue weighted by molar-refractivity contribution is 6.30. The van der Waals surface area contributed by atoms with Gasteiger partial charge in [-0.15, -0.1) is 0 Å². The maximum Gasteiger partial charge on any atom is 0.308 e. The average molecular weight is 312 g/mol. The molecule has 21 heavy (non-hydrogen) atoms. The SMILES string of the molecule is CCOC(=O)C1CCC(O)(CNc2cccc(Cl)c2)CC1. The van der Waals surface area contributed by atoms with E-state index in [2.05, 4.69) is 5.32 Å². The van der Waals surface area contributed by atoms with Gasteiger partial charge in [-0.1, -0.05) is 17.7 Å². The number of hydrogen-bond acceptors (Lipinski definition) is 4. The summed E-state index contributed by atoms with van der Waals surface area (Å²) in [6.45, 7) is 2.69. The van der Waals surface area contributed by atoms with Crippen molar-refractivity contribution in [2.24, 2.45) is 5.92 Å². The molecule has 0 atom stereocenters. The first kappa shape index (κ1) is 16.1. The quantitative estimate of drug-likeness (QED) is 0.820. The van der Waals surface area contributed by atoms with E-state index < -0.39 is 5.60 Å². The number of aliphatic hydroxyl groups is 1. The van der Waals surface area contributed by atoms with Crippen LogP contribution in [0.3, 0.4) is 0 Å². The fourth-order valence-corrected chi connectivity index (χ4v) is 2.88. The molecule has 0 aromatic heterocycles. The normalized spacial score (nSPS) is 25.4. The van der Waals surface area contributed by atoms with Gasteiger partial charge in [0, 0.05) is 17.3 Å². The lowest BCUT2D eigenvalue weighted by atomic mass is 9.78. The molecular formula is C16H22ClNO3. The highest BCUT2D eigenvalue weighted by Gasteiger charge is 2.36. The summed E-state index contributed by atoms with van der Waals surface area (Å²) in [5, 5.41) is 14.5. The Bertz CT molecular complexity index is 484. The van der Waals surface area contributed by atoms with E-state index in [4.69, 9.17) is 16.3 Å². The van der Waals surface area contributed by atoms with Gasteiger partial charge in [-0.2, -0.15) is 0 Å². The second kappa shape index (κ2) is 7.14. The Labute approximate surface area is 130 Å². The Hall–Kier alpha value is -1.26. The summed E-state index contributed by atoms with van der Waals surface area (Å²) in [5.41, 5.74) is 0.120. The fourth-order valence-electron chi connectivity index (χ4n) is 2.69. The summed E-state index contributed by atoms with van der Waals surface area (Å²) >= 11 is 5.93. The van der Waals surface area contributed by atoms with Gasteiger partial charge < -0.3 is 15.2 Å². The van der Waals surface area contributed by atoms with Crippen LogP contribution in [0.4, 0.5) is 5.69 Å². The highest BCUT2D eigenvalue weighted by Crippen LogP contribution is 2.33. The highest BCUT2D eigenvalue weighted by atomic mass is 35.5. The number of esters is 1. The van der Waals surface area contributed by atoms with E-state index in [0.717, 1.165) is 5.69 Å². The van der Waals surface area contributed by atoms with E-state index in [9.17, 15) is 9.90 Å². The van der Waals surface area contributed by atoms with Crippen LogP contribution in [-0.4, -0.2) is 29.8 Å². The van der Waals surface area contributed by atoms with Gasteiger partial charge in [-0.05, 0) is 50.8 Å². The van der Waals surface area contributed by atoms with Crippen LogP contribution in [0.25, 0.3) is 0 Å². The van der Waals surface area contributed by atoms with E-state index in [1.54, 1.807) is 0 Å². The minimum atomic E-state index is -0.773. The molecule has 2 N–H and O–H groups in total. The number of nitrogens with one attached hydrogen (secondary N) is 1. The summed E-state index contributed by atoms with van der Waals surface area (Å²) in [6.07, 6.45) is 2.55. The largest absolute Gasteiger partial charge is 0.466 e. The van der Waals surface area contributed by atoms with Crippen molar-refractivity contribution in [1.29, 1.82) is 0 Å². The van der Waals surface area contributed by atoms with Gasteiger partial charge in [-0.25, -0.2) is 0 Å². The van der Waals surface area contributed by atoms with Crippen LogP contribution in [-0.2, 0) is 9.53 Å². The molecule has 116 valence electrons. The summed E-state index contributed by atoms with van der Waals surface area (Å²) in [6, 6.07) is 7.42. The van der Waals surface area contributed by atoms with Crippen LogP contribution in [0.1, 0.15) is 32.6 Å². The van der Waals surface area contributed by atoms with Gasteiger partial charge in [0.1, 0.15) is 0 Å². The zero-order chi connectivity index (χ0) is 15.3. The van der Waals surface area contributed by atoms with Crippen molar-refractivity contribution in [3.8, 4) is 0 Å². The Balaban J connectivity index is 1.83. The lowest BCUT2D eigenvalue weighted by Gasteiger charge is -2.35. The molecule has 0 bridgehead atoms. The van der Waals surface area contributed by atoms with Crippen LogP contribution in [0, 0.1) is 5.92 Å². The van der Waals surface area contributed by atoms with Crippen molar-refractivity contribution in [2.45, 2.75) is 38.2 Å². The Morgan fingerprint density at radius 1 is 1.48 bits per heavy atom. The number of hydrogen-bond donors (Lipinski definition) is 2. The lowest BCUT2D eigenvalue weighted by Crippen LogP contribution is -2.42. The summed E-state index contributed by atoms with van der Waals surface area (Å²) in [4.78, 5) is 11.7. The average Bonchev–Trinajstić information content (AvgIpc) is 2.46. The Morgan fingerprint density at radius 2 is 2.19 bits per heavy atom. The van der Waals surface area contributed by atoms with Crippen LogP contribution in [0.2, 0.25) is 5.02 Å². The standard InChI is InChI=1S/C16H22ClNO3/c1-2-21-15(19)12-6-8-16(20,9-7-12)11-18-14-5-3-4-13(17)10-14/h3-5,10,12,18,20H,2,6-9,11H2,1H3. The maximum absolute atomic E-state index is 11.7. The Morgan fingerprint density at radius 3 is 2.81 bits per heavy atom. The van der Waals surface area contributed by atoms with Gasteiger partial charge in [0.2, 0.25) is 0 Å². The summed E-state index contributed by atoms with van der Waals surface area (Å²) in [7, 11) is 0. The van der Waals surface area contributed by atoms with Crippen molar-refractivity contribution >= 4 is 23.3 Å². The molecule has 1 aliphatic carbocycles. The number of benzene rings is 1. The molecule has 1 aromatic rings. The zero-order valence-corrected chi connectivity index (χ0v) is 13.0. The van der Waals surface area contributed by atoms with Gasteiger partial charge in [0.25, 0.3) is 0 Å². The number of ether oxygens (including phenoxy) is 1. The number of anilines is 1. The van der Waals surface area contributed by atoms with E-state index in [-0.39, 0.29) is 11.9 Å². The lowest BCUT2D eigenvalue weighted by molar-refractivity contribution is -0.150. The molecule has 1 saturated carbocycles. The van der Waals surface area contributed by atoms with Crippen LogP contribution < -0.4 is 5.32 Å². The van der Waals surface area contributed by atoms with E-state index in [0.29, 0.717) is 43.9 Å². The van der Waals surface area contributed by atoms with Crippen LogP contribution >= 0.6 is 11.6 Å². The molecule has 0 unspecified atom stereocenters. The maximum atomic E-state index is 11.7. The molecule has 1 aliphatic rings. The van der Waals surface area contributed by atoms with Gasteiger partial charge >= 0.3 is 5.97 Å². The predicted molar refractivity (Wildman–Crippen MR) is 83.5 cm³/mol. The molecule has 0 amide bonds. The van der Waals surface area contributed by atoms with Crippen LogP contribution in [0.15, 0.2) is 24.3 Å². The van der Waals surface area contributed by atoms with E-state index in [1.807, 2.05) is 31.2 Å². The third-order valence-corrected chi connectivity index (χ3v) is 4.22. The van der Waals surface area contributed by atoms with E-state index >= 15 is 0 Å². The zero-order valence-electron chi connectivity index (χ0n) is 12.3. The number of rotatable bonds is 5. The molecular weight excluding hydrogens is 290 g/mol. The first-order chi connectivity index (χ1) is 10.0. The third-order valence-electron chi connectivity index (χ3n) is 3.98. The first-order valence-corrected chi connectivity index (χ1v) is 7.79. The topological polar surface area (TPSA) is 58.6 Å². The molecule has 4 nitrogen and oxygen atoms in total. The van der Waals surface area contributed by atoms with Crippen molar-refractivity contribution in [3.05, 3.63) is 29.3 Å². The monoisotopic (exact) mass is 311 g/mol. The molecule has 0 aliphatic heterocycles. The molecule has 0 saturated heterocycles. The molecule has 1 aromatic carbocycles.